The molecule has 1 heterocycles. The van der Waals surface area contributed by atoms with Gasteiger partial charge in [-0.1, -0.05) is 6.08 Å². The summed E-state index contributed by atoms with van der Waals surface area (Å²) in [4.78, 5) is 24.1. The Morgan fingerprint density at radius 1 is 1.69 bits per heavy atom. The Morgan fingerprint density at radius 3 is 2.94 bits per heavy atom. The largest absolute Gasteiger partial charge is 0.480 e. The van der Waals surface area contributed by atoms with E-state index in [1.54, 1.807) is 24.8 Å². The maximum absolute atomic E-state index is 11.8. The van der Waals surface area contributed by atoms with Crippen LogP contribution in [0.1, 0.15) is 6.92 Å². The molecule has 6 heteroatoms. The Kier molecular flexibility index (Phi) is 4.67. The predicted octanol–water partition coefficient (Wildman–Crippen LogP) is 0.772. The summed E-state index contributed by atoms with van der Waals surface area (Å²) in [6.07, 6.45) is 1.60. The second kappa shape index (κ2) is 5.79. The average Bonchev–Trinajstić information content (AvgIpc) is 2.28. The van der Waals surface area contributed by atoms with E-state index in [1.807, 2.05) is 0 Å². The molecule has 1 saturated heterocycles. The molecule has 2 atom stereocenters. The third kappa shape index (κ3) is 3.16. The van der Waals surface area contributed by atoms with E-state index in [1.165, 1.54) is 4.90 Å². The van der Waals surface area contributed by atoms with Crippen LogP contribution in [0.4, 0.5) is 4.79 Å². The molecule has 0 radical (unpaired) electrons. The van der Waals surface area contributed by atoms with Gasteiger partial charge in [0.05, 0.1) is 0 Å². The zero-order valence-electron chi connectivity index (χ0n) is 9.18. The van der Waals surface area contributed by atoms with E-state index in [0.717, 1.165) is 5.75 Å². The first kappa shape index (κ1) is 12.9. The van der Waals surface area contributed by atoms with Crippen molar-refractivity contribution in [3.63, 3.8) is 0 Å². The monoisotopic (exact) mass is 244 g/mol. The van der Waals surface area contributed by atoms with Crippen molar-refractivity contribution in [3.05, 3.63) is 12.7 Å². The molecule has 1 aliphatic heterocycles. The first-order valence-electron chi connectivity index (χ1n) is 5.06. The summed E-state index contributed by atoms with van der Waals surface area (Å²) in [5.74, 6) is 0.277. The van der Waals surface area contributed by atoms with Gasteiger partial charge in [-0.05, 0) is 6.92 Å². The molecule has 1 rings (SSSR count). The zero-order chi connectivity index (χ0) is 12.1. The Hall–Kier alpha value is -1.17. The summed E-state index contributed by atoms with van der Waals surface area (Å²) in [5, 5.41) is 11.7. The van der Waals surface area contributed by atoms with Gasteiger partial charge in [-0.2, -0.15) is 11.8 Å². The average molecular weight is 244 g/mol. The maximum Gasteiger partial charge on any atom is 0.327 e. The van der Waals surface area contributed by atoms with Crippen LogP contribution in [0.25, 0.3) is 0 Å². The van der Waals surface area contributed by atoms with Gasteiger partial charge in [0.1, 0.15) is 6.04 Å². The van der Waals surface area contributed by atoms with Crippen LogP contribution in [0.15, 0.2) is 12.7 Å². The molecule has 5 nitrogen and oxygen atoms in total. The molecular formula is C10H16N2O3S. The number of hydrogen-bond acceptors (Lipinski definition) is 3. The van der Waals surface area contributed by atoms with E-state index >= 15 is 0 Å². The van der Waals surface area contributed by atoms with Gasteiger partial charge in [-0.15, -0.1) is 6.58 Å². The molecule has 2 unspecified atom stereocenters. The molecule has 90 valence electrons. The fourth-order valence-electron chi connectivity index (χ4n) is 1.39. The van der Waals surface area contributed by atoms with Gasteiger partial charge >= 0.3 is 12.0 Å². The number of hydrogen-bond donors (Lipinski definition) is 2. The highest BCUT2D eigenvalue weighted by Gasteiger charge is 2.32. The molecule has 0 aromatic carbocycles. The number of carboxylic acids is 1. The summed E-state index contributed by atoms with van der Waals surface area (Å²) in [7, 11) is 0. The van der Waals surface area contributed by atoms with Crippen molar-refractivity contribution in [2.75, 3.05) is 18.1 Å². The van der Waals surface area contributed by atoms with Gasteiger partial charge in [-0.25, -0.2) is 9.59 Å². The SMILES string of the molecule is C=CC(C)NC(=O)N1CCSCC1C(=O)O. The van der Waals surface area contributed by atoms with Crippen molar-refractivity contribution >= 4 is 23.8 Å². The van der Waals surface area contributed by atoms with E-state index in [2.05, 4.69) is 11.9 Å². The molecule has 2 amide bonds. The van der Waals surface area contributed by atoms with Crippen LogP contribution in [0.3, 0.4) is 0 Å². The number of nitrogens with one attached hydrogen (secondary N) is 1. The molecule has 1 fully saturated rings. The molecule has 2 N–H and O–H groups in total. The normalized spacial score (nSPS) is 22.3. The van der Waals surface area contributed by atoms with Crippen molar-refractivity contribution in [2.24, 2.45) is 0 Å². The molecule has 1 aliphatic rings. The van der Waals surface area contributed by atoms with Gasteiger partial charge < -0.3 is 15.3 Å². The van der Waals surface area contributed by atoms with Crippen LogP contribution < -0.4 is 5.32 Å². The highest BCUT2D eigenvalue weighted by atomic mass is 32.2. The molecule has 16 heavy (non-hydrogen) atoms. The highest BCUT2D eigenvalue weighted by Crippen LogP contribution is 2.16. The first-order chi connectivity index (χ1) is 7.56. The van der Waals surface area contributed by atoms with E-state index in [-0.39, 0.29) is 12.1 Å². The van der Waals surface area contributed by atoms with Crippen molar-refractivity contribution in [2.45, 2.75) is 19.0 Å². The van der Waals surface area contributed by atoms with Crippen molar-refractivity contribution in [1.29, 1.82) is 0 Å². The second-order valence-corrected chi connectivity index (χ2v) is 4.75. The molecule has 0 bridgehead atoms. The fraction of sp³-hybridized carbons (Fsp3) is 0.600. The van der Waals surface area contributed by atoms with Crippen LogP contribution in [-0.4, -0.2) is 52.1 Å². The second-order valence-electron chi connectivity index (χ2n) is 3.60. The Morgan fingerprint density at radius 2 is 2.38 bits per heavy atom. The highest BCUT2D eigenvalue weighted by molar-refractivity contribution is 7.99. The number of urea groups is 1. The summed E-state index contributed by atoms with van der Waals surface area (Å²) < 4.78 is 0. The standard InChI is InChI=1S/C10H16N2O3S/c1-3-7(2)11-10(15)12-4-5-16-6-8(12)9(13)14/h3,7-8H,1,4-6H2,2H3,(H,11,15)(H,13,14). The minimum absolute atomic E-state index is 0.156. The van der Waals surface area contributed by atoms with Gasteiger partial charge in [0, 0.05) is 24.1 Å². The number of aliphatic carboxylic acids is 1. The lowest BCUT2D eigenvalue weighted by Crippen LogP contribution is -2.54. The van der Waals surface area contributed by atoms with Gasteiger partial charge in [0.15, 0.2) is 0 Å². The van der Waals surface area contributed by atoms with Crippen LogP contribution in [0.5, 0.6) is 0 Å². The number of nitrogens with zero attached hydrogens (tertiary/aromatic N) is 1. The number of thioether (sulfide) groups is 1. The van der Waals surface area contributed by atoms with Crippen LogP contribution >= 0.6 is 11.8 Å². The summed E-state index contributed by atoms with van der Waals surface area (Å²) in [5.41, 5.74) is 0. The minimum Gasteiger partial charge on any atom is -0.480 e. The third-order valence-electron chi connectivity index (χ3n) is 2.38. The number of carbonyl (C=O) groups excluding carboxylic acids is 1. The molecule has 0 saturated carbocycles. The van der Waals surface area contributed by atoms with Crippen molar-refractivity contribution in [1.82, 2.24) is 10.2 Å². The lowest BCUT2D eigenvalue weighted by molar-refractivity contribution is -0.141. The summed E-state index contributed by atoms with van der Waals surface area (Å²) >= 11 is 1.55. The van der Waals surface area contributed by atoms with E-state index in [9.17, 15) is 9.59 Å². The lowest BCUT2D eigenvalue weighted by Gasteiger charge is -2.33. The Labute approximate surface area is 98.9 Å². The third-order valence-corrected chi connectivity index (χ3v) is 3.40. The van der Waals surface area contributed by atoms with Gasteiger partial charge in [0.2, 0.25) is 0 Å². The molecule has 0 aliphatic carbocycles. The van der Waals surface area contributed by atoms with Crippen molar-refractivity contribution in [3.8, 4) is 0 Å². The minimum atomic E-state index is -0.950. The number of carbonyl (C=O) groups is 2. The molecule has 0 aromatic rings. The fourth-order valence-corrected chi connectivity index (χ4v) is 2.43. The molecular weight excluding hydrogens is 228 g/mol. The topological polar surface area (TPSA) is 69.6 Å². The molecule has 0 spiro atoms. The Bertz CT molecular complexity index is 296. The van der Waals surface area contributed by atoms with Crippen LogP contribution in [-0.2, 0) is 4.79 Å². The van der Waals surface area contributed by atoms with E-state index < -0.39 is 12.0 Å². The van der Waals surface area contributed by atoms with Crippen LogP contribution in [0.2, 0.25) is 0 Å². The number of carboxylic acid groups (broad SMARTS) is 1. The van der Waals surface area contributed by atoms with E-state index in [4.69, 9.17) is 5.11 Å². The number of rotatable bonds is 3. The zero-order valence-corrected chi connectivity index (χ0v) is 10.00. The first-order valence-corrected chi connectivity index (χ1v) is 6.22. The maximum atomic E-state index is 11.8. The Balaban J connectivity index is 2.64. The summed E-state index contributed by atoms with van der Waals surface area (Å²) in [6, 6.07) is -1.22. The number of amides is 2. The quantitative estimate of drug-likeness (QED) is 0.720. The van der Waals surface area contributed by atoms with Crippen molar-refractivity contribution < 1.29 is 14.7 Å². The predicted molar refractivity (Wildman–Crippen MR) is 63.6 cm³/mol. The lowest BCUT2D eigenvalue weighted by atomic mass is 10.3. The van der Waals surface area contributed by atoms with Gasteiger partial charge in [0.25, 0.3) is 0 Å². The van der Waals surface area contributed by atoms with Gasteiger partial charge in [-0.3, -0.25) is 0 Å². The van der Waals surface area contributed by atoms with E-state index in [0.29, 0.717) is 12.3 Å². The smallest absolute Gasteiger partial charge is 0.327 e. The van der Waals surface area contributed by atoms with Crippen LogP contribution in [0, 0.1) is 0 Å². The molecule has 0 aromatic heterocycles. The summed E-state index contributed by atoms with van der Waals surface area (Å²) in [6.45, 7) is 5.82.